The normalized spacial score (nSPS) is 15.1. The zero-order valence-corrected chi connectivity index (χ0v) is 15.5. The third-order valence-electron chi connectivity index (χ3n) is 4.89. The van der Waals surface area contributed by atoms with Gasteiger partial charge in [-0.2, -0.15) is 0 Å². The Labute approximate surface area is 159 Å². The molecule has 0 saturated carbocycles. The highest BCUT2D eigenvalue weighted by molar-refractivity contribution is 5.90. The Morgan fingerprint density at radius 3 is 2.37 bits per heavy atom. The molecule has 2 aromatic carbocycles. The summed E-state index contributed by atoms with van der Waals surface area (Å²) in [4.78, 5) is 21.1. The Balaban J connectivity index is 1.35. The molecule has 1 fully saturated rings. The fourth-order valence-electron chi connectivity index (χ4n) is 3.27. The zero-order valence-electron chi connectivity index (χ0n) is 15.5. The van der Waals surface area contributed by atoms with E-state index in [-0.39, 0.29) is 11.7 Å². The second kappa shape index (κ2) is 7.72. The topological polar surface area (TPSA) is 54.3 Å². The van der Waals surface area contributed by atoms with E-state index in [1.165, 1.54) is 11.1 Å². The third kappa shape index (κ3) is 4.06. The molecule has 0 bridgehead atoms. The minimum Gasteiger partial charge on any atom is -0.333 e. The van der Waals surface area contributed by atoms with Crippen LogP contribution in [-0.4, -0.2) is 56.7 Å². The van der Waals surface area contributed by atoms with Crippen molar-refractivity contribution in [3.8, 4) is 5.69 Å². The molecule has 0 aliphatic carbocycles. The molecule has 4 rings (SSSR count). The van der Waals surface area contributed by atoms with Crippen LogP contribution in [0.5, 0.6) is 0 Å². The number of benzene rings is 2. The summed E-state index contributed by atoms with van der Waals surface area (Å²) in [5.74, 6) is 0.158. The molecule has 2 heterocycles. The first-order chi connectivity index (χ1) is 13.2. The SMILES string of the molecule is Cc1ccc(CN2CCN(C(=O)c3ncn(-c4ccccc4)n3)CC2)cc1. The van der Waals surface area contributed by atoms with Crippen molar-refractivity contribution in [3.63, 3.8) is 0 Å². The summed E-state index contributed by atoms with van der Waals surface area (Å²) in [5, 5.41) is 4.35. The average Bonchev–Trinajstić information content (AvgIpc) is 3.21. The highest BCUT2D eigenvalue weighted by Crippen LogP contribution is 2.12. The number of piperazine rings is 1. The largest absolute Gasteiger partial charge is 0.333 e. The van der Waals surface area contributed by atoms with Gasteiger partial charge >= 0.3 is 0 Å². The lowest BCUT2D eigenvalue weighted by Gasteiger charge is -2.34. The molecule has 1 saturated heterocycles. The maximum Gasteiger partial charge on any atom is 0.293 e. The van der Waals surface area contributed by atoms with Crippen LogP contribution in [0.15, 0.2) is 60.9 Å². The summed E-state index contributed by atoms with van der Waals surface area (Å²) in [6.07, 6.45) is 1.59. The highest BCUT2D eigenvalue weighted by atomic mass is 16.2. The minimum absolute atomic E-state index is 0.0975. The molecule has 1 aliphatic heterocycles. The first-order valence-corrected chi connectivity index (χ1v) is 9.23. The lowest BCUT2D eigenvalue weighted by atomic mass is 10.1. The van der Waals surface area contributed by atoms with Gasteiger partial charge in [0.2, 0.25) is 5.82 Å². The van der Waals surface area contributed by atoms with Gasteiger partial charge in [0.1, 0.15) is 6.33 Å². The van der Waals surface area contributed by atoms with Gasteiger partial charge in [-0.25, -0.2) is 9.67 Å². The molecule has 0 atom stereocenters. The smallest absolute Gasteiger partial charge is 0.293 e. The molecule has 0 N–H and O–H groups in total. The number of rotatable bonds is 4. The zero-order chi connectivity index (χ0) is 18.6. The van der Waals surface area contributed by atoms with Crippen molar-refractivity contribution in [1.82, 2.24) is 24.6 Å². The Morgan fingerprint density at radius 1 is 0.963 bits per heavy atom. The fourth-order valence-corrected chi connectivity index (χ4v) is 3.27. The molecular formula is C21H23N5O. The van der Waals surface area contributed by atoms with E-state index in [0.717, 1.165) is 25.3 Å². The van der Waals surface area contributed by atoms with Crippen LogP contribution < -0.4 is 0 Å². The van der Waals surface area contributed by atoms with Gasteiger partial charge in [-0.3, -0.25) is 9.69 Å². The van der Waals surface area contributed by atoms with Gasteiger partial charge in [0, 0.05) is 32.7 Å². The number of para-hydroxylation sites is 1. The molecule has 27 heavy (non-hydrogen) atoms. The van der Waals surface area contributed by atoms with Crippen LogP contribution in [-0.2, 0) is 6.54 Å². The average molecular weight is 361 g/mol. The number of carbonyl (C=O) groups excluding carboxylic acids is 1. The van der Waals surface area contributed by atoms with E-state index in [1.54, 1.807) is 11.0 Å². The summed E-state index contributed by atoms with van der Waals surface area (Å²) in [6.45, 7) is 6.14. The van der Waals surface area contributed by atoms with Crippen LogP contribution in [0.4, 0.5) is 0 Å². The molecule has 1 aromatic heterocycles. The van der Waals surface area contributed by atoms with E-state index in [2.05, 4.69) is 46.2 Å². The van der Waals surface area contributed by atoms with Crippen LogP contribution in [0.2, 0.25) is 0 Å². The Morgan fingerprint density at radius 2 is 1.67 bits per heavy atom. The summed E-state index contributed by atoms with van der Waals surface area (Å²) in [5.41, 5.74) is 3.48. The molecular weight excluding hydrogens is 338 g/mol. The highest BCUT2D eigenvalue weighted by Gasteiger charge is 2.24. The summed E-state index contributed by atoms with van der Waals surface area (Å²) < 4.78 is 1.64. The van der Waals surface area contributed by atoms with E-state index >= 15 is 0 Å². The lowest BCUT2D eigenvalue weighted by Crippen LogP contribution is -2.48. The molecule has 138 valence electrons. The quantitative estimate of drug-likeness (QED) is 0.717. The van der Waals surface area contributed by atoms with Crippen molar-refractivity contribution in [2.24, 2.45) is 0 Å². The van der Waals surface area contributed by atoms with Crippen LogP contribution in [0.25, 0.3) is 5.69 Å². The Kier molecular flexibility index (Phi) is 4.98. The van der Waals surface area contributed by atoms with Crippen molar-refractivity contribution in [2.45, 2.75) is 13.5 Å². The standard InChI is InChI=1S/C21H23N5O/c1-17-7-9-18(10-8-17)15-24-11-13-25(14-12-24)21(27)20-22-16-26(23-20)19-5-3-2-4-6-19/h2-10,16H,11-15H2,1H3. The van der Waals surface area contributed by atoms with E-state index in [9.17, 15) is 4.79 Å². The van der Waals surface area contributed by atoms with Gasteiger partial charge in [-0.05, 0) is 24.6 Å². The predicted molar refractivity (Wildman–Crippen MR) is 104 cm³/mol. The van der Waals surface area contributed by atoms with Gasteiger partial charge in [-0.15, -0.1) is 5.10 Å². The van der Waals surface area contributed by atoms with Crippen molar-refractivity contribution in [2.75, 3.05) is 26.2 Å². The molecule has 0 radical (unpaired) electrons. The molecule has 1 aliphatic rings. The monoisotopic (exact) mass is 361 g/mol. The summed E-state index contributed by atoms with van der Waals surface area (Å²) in [7, 11) is 0. The minimum atomic E-state index is -0.0975. The predicted octanol–water partition coefficient (Wildman–Crippen LogP) is 2.53. The van der Waals surface area contributed by atoms with Crippen molar-refractivity contribution < 1.29 is 4.79 Å². The molecule has 6 heteroatoms. The van der Waals surface area contributed by atoms with Gasteiger partial charge in [0.15, 0.2) is 0 Å². The van der Waals surface area contributed by atoms with Crippen LogP contribution in [0.1, 0.15) is 21.7 Å². The number of aromatic nitrogens is 3. The number of carbonyl (C=O) groups is 1. The van der Waals surface area contributed by atoms with Gasteiger partial charge < -0.3 is 4.90 Å². The molecule has 0 unspecified atom stereocenters. The number of amides is 1. The summed E-state index contributed by atoms with van der Waals surface area (Å²) >= 11 is 0. The number of aryl methyl sites for hydroxylation is 1. The van der Waals surface area contributed by atoms with E-state index in [4.69, 9.17) is 0 Å². The van der Waals surface area contributed by atoms with Crippen LogP contribution in [0.3, 0.4) is 0 Å². The number of hydrogen-bond acceptors (Lipinski definition) is 4. The van der Waals surface area contributed by atoms with E-state index in [0.29, 0.717) is 13.1 Å². The van der Waals surface area contributed by atoms with Gasteiger partial charge in [0.25, 0.3) is 5.91 Å². The second-order valence-electron chi connectivity index (χ2n) is 6.90. The van der Waals surface area contributed by atoms with Crippen molar-refractivity contribution in [3.05, 3.63) is 77.9 Å². The van der Waals surface area contributed by atoms with E-state index < -0.39 is 0 Å². The molecule has 6 nitrogen and oxygen atoms in total. The molecule has 3 aromatic rings. The number of nitrogens with zero attached hydrogens (tertiary/aromatic N) is 5. The number of hydrogen-bond donors (Lipinski definition) is 0. The lowest BCUT2D eigenvalue weighted by molar-refractivity contribution is 0.0616. The Hall–Kier alpha value is -2.99. The first kappa shape index (κ1) is 17.4. The summed E-state index contributed by atoms with van der Waals surface area (Å²) in [6, 6.07) is 18.3. The molecule has 0 spiro atoms. The van der Waals surface area contributed by atoms with Gasteiger partial charge in [-0.1, -0.05) is 48.0 Å². The van der Waals surface area contributed by atoms with Crippen molar-refractivity contribution in [1.29, 1.82) is 0 Å². The van der Waals surface area contributed by atoms with Crippen molar-refractivity contribution >= 4 is 5.91 Å². The Bertz CT molecular complexity index is 896. The van der Waals surface area contributed by atoms with Crippen LogP contribution in [0, 0.1) is 6.92 Å². The third-order valence-corrected chi connectivity index (χ3v) is 4.89. The van der Waals surface area contributed by atoms with E-state index in [1.807, 2.05) is 35.2 Å². The van der Waals surface area contributed by atoms with Crippen LogP contribution >= 0.6 is 0 Å². The maximum absolute atomic E-state index is 12.7. The van der Waals surface area contributed by atoms with Gasteiger partial charge in [0.05, 0.1) is 5.69 Å². The molecule has 1 amide bonds. The second-order valence-corrected chi connectivity index (χ2v) is 6.90. The maximum atomic E-state index is 12.7. The first-order valence-electron chi connectivity index (χ1n) is 9.23. The fraction of sp³-hybridized carbons (Fsp3) is 0.286.